The molecular formula is C19H24ClN5O4. The van der Waals surface area contributed by atoms with Gasteiger partial charge in [0.15, 0.2) is 17.1 Å². The molecule has 2 aromatic rings. The number of aromatic nitrogens is 4. The monoisotopic (exact) mass is 421 g/mol. The highest BCUT2D eigenvalue weighted by molar-refractivity contribution is 6.33. The standard InChI is InChI=1S/C19H24ClN5O4/c1-9-11-7-27-10(2)28-13(11)6-12(9)25-8-21-14-15(20)22-17(23-16(14)25)24-18(26)29-19(3,4)5/h8,10-13H,1,6-7H2,2-5H3,(H,22,23,24,26)/t10?,11-,12-,13-/m0/s1. The summed E-state index contributed by atoms with van der Waals surface area (Å²) in [6, 6.07) is -0.0655. The minimum Gasteiger partial charge on any atom is -0.444 e. The van der Waals surface area contributed by atoms with E-state index in [1.807, 2.05) is 11.5 Å². The molecule has 0 spiro atoms. The van der Waals surface area contributed by atoms with E-state index in [0.29, 0.717) is 17.8 Å². The third-order valence-electron chi connectivity index (χ3n) is 5.01. The summed E-state index contributed by atoms with van der Waals surface area (Å²) in [6.45, 7) is 12.1. The van der Waals surface area contributed by atoms with Crippen LogP contribution >= 0.6 is 11.6 Å². The molecule has 2 aromatic heterocycles. The molecule has 1 aliphatic carbocycles. The predicted molar refractivity (Wildman–Crippen MR) is 107 cm³/mol. The predicted octanol–water partition coefficient (Wildman–Crippen LogP) is 3.71. The molecule has 1 aliphatic heterocycles. The Morgan fingerprint density at radius 2 is 2.17 bits per heavy atom. The minimum absolute atomic E-state index is 0.0327. The van der Waals surface area contributed by atoms with Gasteiger partial charge in [-0.3, -0.25) is 5.32 Å². The zero-order valence-electron chi connectivity index (χ0n) is 16.8. The van der Waals surface area contributed by atoms with Gasteiger partial charge in [0.05, 0.1) is 25.1 Å². The number of amides is 1. The Bertz CT molecular complexity index is 969. The molecule has 1 N–H and O–H groups in total. The van der Waals surface area contributed by atoms with Crippen molar-refractivity contribution >= 4 is 34.8 Å². The van der Waals surface area contributed by atoms with Crippen molar-refractivity contribution in [1.82, 2.24) is 19.5 Å². The molecule has 1 saturated carbocycles. The molecule has 4 atom stereocenters. The molecule has 1 amide bonds. The van der Waals surface area contributed by atoms with Gasteiger partial charge in [-0.05, 0) is 39.7 Å². The number of hydrogen-bond donors (Lipinski definition) is 1. The lowest BCUT2D eigenvalue weighted by molar-refractivity contribution is -0.215. The van der Waals surface area contributed by atoms with Crippen LogP contribution in [-0.2, 0) is 14.2 Å². The van der Waals surface area contributed by atoms with Crippen molar-refractivity contribution in [2.75, 3.05) is 11.9 Å². The van der Waals surface area contributed by atoms with Crippen molar-refractivity contribution in [1.29, 1.82) is 0 Å². The number of nitrogens with one attached hydrogen (secondary N) is 1. The highest BCUT2D eigenvalue weighted by Gasteiger charge is 2.43. The normalized spacial score (nSPS) is 27.1. The highest BCUT2D eigenvalue weighted by atomic mass is 35.5. The molecule has 10 heteroatoms. The lowest BCUT2D eigenvalue weighted by Crippen LogP contribution is -2.35. The first-order valence-electron chi connectivity index (χ1n) is 9.48. The first-order chi connectivity index (χ1) is 13.6. The lowest BCUT2D eigenvalue weighted by Gasteiger charge is -2.30. The molecule has 156 valence electrons. The van der Waals surface area contributed by atoms with Gasteiger partial charge >= 0.3 is 6.09 Å². The van der Waals surface area contributed by atoms with Crippen LogP contribution in [0.2, 0.25) is 5.15 Å². The molecule has 29 heavy (non-hydrogen) atoms. The Hall–Kier alpha value is -2.23. The molecule has 2 aliphatic rings. The van der Waals surface area contributed by atoms with Gasteiger partial charge in [-0.15, -0.1) is 0 Å². The number of anilines is 1. The fraction of sp³-hybridized carbons (Fsp3) is 0.579. The van der Waals surface area contributed by atoms with Gasteiger partial charge in [0.25, 0.3) is 0 Å². The SMILES string of the molecule is C=C1[C@@H]2COC(C)O[C@H]2C[C@@H]1n1cnc2c(Cl)nc(NC(=O)OC(C)(C)C)nc21. The second-order valence-electron chi connectivity index (χ2n) is 8.30. The maximum Gasteiger partial charge on any atom is 0.414 e. The second kappa shape index (κ2) is 7.23. The van der Waals surface area contributed by atoms with Crippen molar-refractivity contribution in [3.05, 3.63) is 23.6 Å². The number of halogens is 1. The van der Waals surface area contributed by atoms with Crippen LogP contribution in [0.4, 0.5) is 10.7 Å². The Kier molecular flexibility index (Phi) is 5.00. The van der Waals surface area contributed by atoms with Crippen molar-refractivity contribution in [3.63, 3.8) is 0 Å². The summed E-state index contributed by atoms with van der Waals surface area (Å²) in [7, 11) is 0. The van der Waals surface area contributed by atoms with Gasteiger partial charge in [-0.25, -0.2) is 9.78 Å². The summed E-state index contributed by atoms with van der Waals surface area (Å²) in [6.07, 6.45) is 1.54. The minimum atomic E-state index is -0.658. The molecule has 1 saturated heterocycles. The average Bonchev–Trinajstić information content (AvgIpc) is 3.14. The molecular weight excluding hydrogens is 398 g/mol. The van der Waals surface area contributed by atoms with Crippen LogP contribution in [0.3, 0.4) is 0 Å². The van der Waals surface area contributed by atoms with E-state index in [9.17, 15) is 4.79 Å². The van der Waals surface area contributed by atoms with E-state index in [-0.39, 0.29) is 35.5 Å². The first-order valence-corrected chi connectivity index (χ1v) is 9.86. The van der Waals surface area contributed by atoms with Crippen LogP contribution in [0.15, 0.2) is 18.5 Å². The Morgan fingerprint density at radius 1 is 1.41 bits per heavy atom. The van der Waals surface area contributed by atoms with Gasteiger partial charge in [-0.2, -0.15) is 9.97 Å². The summed E-state index contributed by atoms with van der Waals surface area (Å²) in [5, 5.41) is 2.68. The third-order valence-corrected chi connectivity index (χ3v) is 5.28. The van der Waals surface area contributed by atoms with E-state index in [2.05, 4.69) is 26.8 Å². The van der Waals surface area contributed by atoms with Gasteiger partial charge in [0.1, 0.15) is 11.1 Å². The maximum absolute atomic E-state index is 12.1. The van der Waals surface area contributed by atoms with Gasteiger partial charge in [-0.1, -0.05) is 18.2 Å². The highest BCUT2D eigenvalue weighted by Crippen LogP contribution is 2.44. The Labute approximate surface area is 173 Å². The summed E-state index contributed by atoms with van der Waals surface area (Å²) < 4.78 is 18.7. The van der Waals surface area contributed by atoms with E-state index in [0.717, 1.165) is 12.0 Å². The fourth-order valence-electron chi connectivity index (χ4n) is 3.76. The molecule has 4 rings (SSSR count). The Balaban J connectivity index is 1.63. The van der Waals surface area contributed by atoms with Crippen LogP contribution < -0.4 is 5.32 Å². The van der Waals surface area contributed by atoms with Crippen LogP contribution in [-0.4, -0.2) is 50.2 Å². The van der Waals surface area contributed by atoms with E-state index in [1.54, 1.807) is 27.1 Å². The number of hydrogen-bond acceptors (Lipinski definition) is 7. The van der Waals surface area contributed by atoms with Crippen molar-refractivity contribution in [3.8, 4) is 0 Å². The maximum atomic E-state index is 12.1. The molecule has 0 bridgehead atoms. The number of nitrogens with zero attached hydrogens (tertiary/aromatic N) is 4. The van der Waals surface area contributed by atoms with E-state index in [4.69, 9.17) is 25.8 Å². The number of carbonyl (C=O) groups excluding carboxylic acids is 1. The van der Waals surface area contributed by atoms with Gasteiger partial charge in [0.2, 0.25) is 5.95 Å². The van der Waals surface area contributed by atoms with Crippen LogP contribution in [0.25, 0.3) is 11.2 Å². The molecule has 3 heterocycles. The summed E-state index contributed by atoms with van der Waals surface area (Å²) in [5.74, 6) is 0.165. The van der Waals surface area contributed by atoms with Crippen LogP contribution in [0.1, 0.15) is 40.2 Å². The summed E-state index contributed by atoms with van der Waals surface area (Å²) in [4.78, 5) is 25.0. The fourth-order valence-corrected chi connectivity index (χ4v) is 3.98. The zero-order valence-corrected chi connectivity index (χ0v) is 17.6. The van der Waals surface area contributed by atoms with E-state index < -0.39 is 11.7 Å². The van der Waals surface area contributed by atoms with Gasteiger partial charge in [0, 0.05) is 5.92 Å². The topological polar surface area (TPSA) is 100 Å². The Morgan fingerprint density at radius 3 is 2.90 bits per heavy atom. The quantitative estimate of drug-likeness (QED) is 0.582. The average molecular weight is 422 g/mol. The summed E-state index contributed by atoms with van der Waals surface area (Å²) >= 11 is 6.29. The largest absolute Gasteiger partial charge is 0.444 e. The summed E-state index contributed by atoms with van der Waals surface area (Å²) in [5.41, 5.74) is 1.32. The number of rotatable bonds is 2. The van der Waals surface area contributed by atoms with Crippen LogP contribution in [0, 0.1) is 5.92 Å². The number of imidazole rings is 1. The molecule has 9 nitrogen and oxygen atoms in total. The van der Waals surface area contributed by atoms with E-state index in [1.165, 1.54) is 0 Å². The molecule has 1 unspecified atom stereocenters. The smallest absolute Gasteiger partial charge is 0.414 e. The number of fused-ring (bicyclic) bond motifs is 2. The lowest BCUT2D eigenvalue weighted by atomic mass is 10.0. The zero-order chi connectivity index (χ0) is 20.9. The van der Waals surface area contributed by atoms with Crippen molar-refractivity contribution in [2.45, 2.75) is 58.2 Å². The molecule has 2 fully saturated rings. The molecule has 0 radical (unpaired) electrons. The second-order valence-corrected chi connectivity index (χ2v) is 8.66. The number of ether oxygens (including phenoxy) is 3. The van der Waals surface area contributed by atoms with Gasteiger partial charge < -0.3 is 18.8 Å². The molecule has 0 aromatic carbocycles. The van der Waals surface area contributed by atoms with Crippen molar-refractivity contribution in [2.24, 2.45) is 5.92 Å². The third kappa shape index (κ3) is 3.94. The van der Waals surface area contributed by atoms with Crippen molar-refractivity contribution < 1.29 is 19.0 Å². The van der Waals surface area contributed by atoms with Crippen LogP contribution in [0.5, 0.6) is 0 Å². The van der Waals surface area contributed by atoms with E-state index >= 15 is 0 Å². The number of carbonyl (C=O) groups is 1. The first kappa shape index (κ1) is 20.1.